The maximum absolute atomic E-state index is 12.0. The summed E-state index contributed by atoms with van der Waals surface area (Å²) < 4.78 is 6.83. The molecule has 6 heteroatoms. The average molecular weight is 469 g/mol. The molecule has 0 saturated heterocycles. The second kappa shape index (κ2) is 10.8. The molecule has 1 amide bonds. The predicted molar refractivity (Wildman–Crippen MR) is 123 cm³/mol. The highest BCUT2D eigenvalue weighted by atomic mass is 79.9. The van der Waals surface area contributed by atoms with Gasteiger partial charge in [-0.3, -0.25) is 4.79 Å². The van der Waals surface area contributed by atoms with Gasteiger partial charge in [-0.1, -0.05) is 64.0 Å². The molecule has 3 aromatic carbocycles. The highest BCUT2D eigenvalue weighted by Gasteiger charge is 2.05. The SMILES string of the molecule is Cc1ccc(SCC(=O)N/N=C/c2cc(Br)ccc2OCc2ccccc2)cc1. The van der Waals surface area contributed by atoms with E-state index < -0.39 is 0 Å². The zero-order valence-corrected chi connectivity index (χ0v) is 18.4. The Morgan fingerprint density at radius 2 is 1.86 bits per heavy atom. The predicted octanol–water partition coefficient (Wildman–Crippen LogP) is 5.58. The first kappa shape index (κ1) is 21.1. The lowest BCUT2D eigenvalue weighted by molar-refractivity contribution is -0.118. The Morgan fingerprint density at radius 3 is 2.62 bits per heavy atom. The molecule has 1 N–H and O–H groups in total. The summed E-state index contributed by atoms with van der Waals surface area (Å²) in [5, 5.41) is 4.09. The van der Waals surface area contributed by atoms with E-state index in [4.69, 9.17) is 4.74 Å². The molecule has 3 aromatic rings. The maximum atomic E-state index is 12.0. The molecule has 0 aromatic heterocycles. The van der Waals surface area contributed by atoms with Crippen molar-refractivity contribution in [2.24, 2.45) is 5.10 Å². The average Bonchev–Trinajstić information content (AvgIpc) is 2.73. The number of carbonyl (C=O) groups excluding carboxylic acids is 1. The van der Waals surface area contributed by atoms with E-state index in [1.807, 2.05) is 79.7 Å². The highest BCUT2D eigenvalue weighted by Crippen LogP contribution is 2.23. The third kappa shape index (κ3) is 7.07. The van der Waals surface area contributed by atoms with Gasteiger partial charge in [0, 0.05) is 14.9 Å². The van der Waals surface area contributed by atoms with Crippen LogP contribution in [0.5, 0.6) is 5.75 Å². The number of halogens is 1. The first-order valence-electron chi connectivity index (χ1n) is 9.08. The van der Waals surface area contributed by atoms with Crippen molar-refractivity contribution < 1.29 is 9.53 Å². The Hall–Kier alpha value is -2.57. The van der Waals surface area contributed by atoms with E-state index in [-0.39, 0.29) is 5.91 Å². The molecule has 0 aliphatic carbocycles. The molecule has 0 aliphatic heterocycles. The fourth-order valence-electron chi connectivity index (χ4n) is 2.48. The molecule has 148 valence electrons. The number of benzene rings is 3. The number of carbonyl (C=O) groups is 1. The lowest BCUT2D eigenvalue weighted by Gasteiger charge is -2.09. The van der Waals surface area contributed by atoms with Gasteiger partial charge in [0.15, 0.2) is 0 Å². The van der Waals surface area contributed by atoms with Crippen molar-refractivity contribution in [2.75, 3.05) is 5.75 Å². The monoisotopic (exact) mass is 468 g/mol. The molecule has 0 heterocycles. The van der Waals surface area contributed by atoms with Gasteiger partial charge >= 0.3 is 0 Å². The van der Waals surface area contributed by atoms with E-state index >= 15 is 0 Å². The molecule has 0 spiro atoms. The van der Waals surface area contributed by atoms with Crippen molar-refractivity contribution in [3.8, 4) is 5.75 Å². The van der Waals surface area contributed by atoms with Crippen LogP contribution in [0.1, 0.15) is 16.7 Å². The fourth-order valence-corrected chi connectivity index (χ4v) is 3.55. The largest absolute Gasteiger partial charge is 0.488 e. The van der Waals surface area contributed by atoms with Crippen molar-refractivity contribution in [1.82, 2.24) is 5.43 Å². The van der Waals surface area contributed by atoms with Crippen LogP contribution in [0.2, 0.25) is 0 Å². The zero-order valence-electron chi connectivity index (χ0n) is 16.0. The van der Waals surface area contributed by atoms with Gasteiger partial charge < -0.3 is 4.74 Å². The molecule has 0 aliphatic rings. The Bertz CT molecular complexity index is 976. The Kier molecular flexibility index (Phi) is 7.90. The molecule has 0 saturated carbocycles. The number of nitrogens with zero attached hydrogens (tertiary/aromatic N) is 1. The van der Waals surface area contributed by atoms with Crippen LogP contribution in [0.3, 0.4) is 0 Å². The molecule has 0 atom stereocenters. The Morgan fingerprint density at radius 1 is 1.10 bits per heavy atom. The standard InChI is InChI=1S/C23H21BrN2O2S/c1-17-7-10-21(11-8-17)29-16-23(27)26-25-14-19-13-20(24)9-12-22(19)28-15-18-5-3-2-4-6-18/h2-14H,15-16H2,1H3,(H,26,27)/b25-14+. The summed E-state index contributed by atoms with van der Waals surface area (Å²) in [5.41, 5.74) is 5.63. The normalized spacial score (nSPS) is 10.8. The first-order valence-corrected chi connectivity index (χ1v) is 10.9. The number of aryl methyl sites for hydroxylation is 1. The summed E-state index contributed by atoms with van der Waals surface area (Å²) in [6.45, 7) is 2.50. The lowest BCUT2D eigenvalue weighted by Crippen LogP contribution is -2.19. The van der Waals surface area contributed by atoms with Crippen LogP contribution in [0.4, 0.5) is 0 Å². The number of hydrogen-bond acceptors (Lipinski definition) is 4. The van der Waals surface area contributed by atoms with E-state index in [0.717, 1.165) is 20.5 Å². The number of hydrogen-bond donors (Lipinski definition) is 1. The van der Waals surface area contributed by atoms with Crippen LogP contribution in [0.25, 0.3) is 0 Å². The minimum absolute atomic E-state index is 0.159. The second-order valence-electron chi connectivity index (χ2n) is 6.35. The number of thioether (sulfide) groups is 1. The van der Waals surface area contributed by atoms with Gasteiger partial charge in [-0.25, -0.2) is 5.43 Å². The van der Waals surface area contributed by atoms with Crippen molar-refractivity contribution in [3.05, 3.63) is 94.0 Å². The summed E-state index contributed by atoms with van der Waals surface area (Å²) in [4.78, 5) is 13.1. The van der Waals surface area contributed by atoms with Crippen LogP contribution in [0.15, 0.2) is 87.3 Å². The van der Waals surface area contributed by atoms with Gasteiger partial charge in [0.05, 0.1) is 12.0 Å². The summed E-state index contributed by atoms with van der Waals surface area (Å²) in [7, 11) is 0. The zero-order chi connectivity index (χ0) is 20.5. The third-order valence-corrected chi connectivity index (χ3v) is 5.50. The van der Waals surface area contributed by atoms with Gasteiger partial charge in [-0.2, -0.15) is 5.10 Å². The minimum Gasteiger partial charge on any atom is -0.488 e. The van der Waals surface area contributed by atoms with Crippen LogP contribution in [-0.2, 0) is 11.4 Å². The smallest absolute Gasteiger partial charge is 0.250 e. The maximum Gasteiger partial charge on any atom is 0.250 e. The van der Waals surface area contributed by atoms with E-state index in [2.05, 4.69) is 26.5 Å². The molecule has 0 unspecified atom stereocenters. The molecule has 0 bridgehead atoms. The fraction of sp³-hybridized carbons (Fsp3) is 0.130. The first-order chi connectivity index (χ1) is 14.1. The molecule has 0 radical (unpaired) electrons. The van der Waals surface area contributed by atoms with Gasteiger partial charge in [0.2, 0.25) is 5.91 Å². The number of hydrazone groups is 1. The summed E-state index contributed by atoms with van der Waals surface area (Å²) in [6.07, 6.45) is 1.60. The van der Waals surface area contributed by atoms with Crippen LogP contribution in [-0.4, -0.2) is 17.9 Å². The second-order valence-corrected chi connectivity index (χ2v) is 8.32. The molecular weight excluding hydrogens is 448 g/mol. The van der Waals surface area contributed by atoms with E-state index in [1.165, 1.54) is 17.3 Å². The summed E-state index contributed by atoms with van der Waals surface area (Å²) in [6, 6.07) is 23.7. The highest BCUT2D eigenvalue weighted by molar-refractivity contribution is 9.10. The Labute approximate surface area is 183 Å². The quantitative estimate of drug-likeness (QED) is 0.266. The number of rotatable bonds is 8. The van der Waals surface area contributed by atoms with Gasteiger partial charge in [0.1, 0.15) is 12.4 Å². The topological polar surface area (TPSA) is 50.7 Å². The molecule has 3 rings (SSSR count). The van der Waals surface area contributed by atoms with Crippen LogP contribution >= 0.6 is 27.7 Å². The van der Waals surface area contributed by atoms with Gasteiger partial charge in [-0.05, 0) is 42.8 Å². The molecule has 4 nitrogen and oxygen atoms in total. The van der Waals surface area contributed by atoms with Crippen LogP contribution in [0, 0.1) is 6.92 Å². The van der Waals surface area contributed by atoms with Gasteiger partial charge in [-0.15, -0.1) is 11.8 Å². The number of ether oxygens (including phenoxy) is 1. The van der Waals surface area contributed by atoms with Crippen LogP contribution < -0.4 is 10.2 Å². The van der Waals surface area contributed by atoms with Crippen molar-refractivity contribution in [3.63, 3.8) is 0 Å². The van der Waals surface area contributed by atoms with Crippen molar-refractivity contribution in [2.45, 2.75) is 18.4 Å². The van der Waals surface area contributed by atoms with E-state index in [9.17, 15) is 4.79 Å². The van der Waals surface area contributed by atoms with Crippen molar-refractivity contribution in [1.29, 1.82) is 0 Å². The molecule has 0 fully saturated rings. The number of nitrogens with one attached hydrogen (secondary N) is 1. The number of amides is 1. The summed E-state index contributed by atoms with van der Waals surface area (Å²) >= 11 is 4.94. The van der Waals surface area contributed by atoms with E-state index in [0.29, 0.717) is 18.1 Å². The van der Waals surface area contributed by atoms with Gasteiger partial charge in [0.25, 0.3) is 0 Å². The van der Waals surface area contributed by atoms with Crippen molar-refractivity contribution >= 4 is 39.8 Å². The van der Waals surface area contributed by atoms with E-state index in [1.54, 1.807) is 6.21 Å². The Balaban J connectivity index is 1.55. The lowest BCUT2D eigenvalue weighted by atomic mass is 10.2. The minimum atomic E-state index is -0.159. The third-order valence-electron chi connectivity index (χ3n) is 3.99. The molecule has 29 heavy (non-hydrogen) atoms. The summed E-state index contributed by atoms with van der Waals surface area (Å²) in [5.74, 6) is 0.841. The molecular formula is C23H21BrN2O2S.